The second kappa shape index (κ2) is 6.43. The van der Waals surface area contributed by atoms with Crippen LogP contribution in [0.2, 0.25) is 0 Å². The molecule has 7 heteroatoms. The Morgan fingerprint density at radius 1 is 1.24 bits per heavy atom. The third-order valence-corrected chi connectivity index (χ3v) is 3.39. The van der Waals surface area contributed by atoms with E-state index in [0.29, 0.717) is 24.5 Å². The second-order valence-electron chi connectivity index (χ2n) is 4.91. The van der Waals surface area contributed by atoms with E-state index in [1.165, 1.54) is 19.3 Å². The van der Waals surface area contributed by atoms with Crippen molar-refractivity contribution in [2.24, 2.45) is 0 Å². The van der Waals surface area contributed by atoms with Gasteiger partial charge in [-0.2, -0.15) is 15.0 Å². The number of piperidine rings is 1. The first kappa shape index (κ1) is 13.7. The molecular formula is C14H19N5O2. The predicted octanol–water partition coefficient (Wildman–Crippen LogP) is 2.08. The van der Waals surface area contributed by atoms with Gasteiger partial charge in [-0.1, -0.05) is 0 Å². The fourth-order valence-corrected chi connectivity index (χ4v) is 2.29. The van der Waals surface area contributed by atoms with Crippen molar-refractivity contribution < 1.29 is 9.15 Å². The molecule has 2 aromatic rings. The highest BCUT2D eigenvalue weighted by Crippen LogP contribution is 2.19. The van der Waals surface area contributed by atoms with E-state index < -0.39 is 0 Å². The van der Waals surface area contributed by atoms with Crippen molar-refractivity contribution >= 4 is 11.9 Å². The number of nitrogens with one attached hydrogen (secondary N) is 1. The Hall–Kier alpha value is -2.31. The van der Waals surface area contributed by atoms with Gasteiger partial charge in [0.15, 0.2) is 0 Å². The van der Waals surface area contributed by atoms with Crippen LogP contribution in [0.4, 0.5) is 11.9 Å². The van der Waals surface area contributed by atoms with Gasteiger partial charge in [0.25, 0.3) is 0 Å². The zero-order valence-electron chi connectivity index (χ0n) is 12.1. The van der Waals surface area contributed by atoms with Gasteiger partial charge in [-0.05, 0) is 31.4 Å². The van der Waals surface area contributed by atoms with Crippen molar-refractivity contribution in [2.75, 3.05) is 30.4 Å². The lowest BCUT2D eigenvalue weighted by Crippen LogP contribution is -2.31. The number of aromatic nitrogens is 3. The average Bonchev–Trinajstić information content (AvgIpc) is 3.07. The number of hydrogen-bond acceptors (Lipinski definition) is 7. The fraction of sp³-hybridized carbons (Fsp3) is 0.500. The molecule has 0 spiro atoms. The SMILES string of the molecule is CNc1nc(OCc2ccco2)nc(N2CCCCC2)n1. The molecule has 1 fully saturated rings. The molecule has 0 unspecified atom stereocenters. The van der Waals surface area contributed by atoms with Crippen LogP contribution in [0.15, 0.2) is 22.8 Å². The smallest absolute Gasteiger partial charge is 0.323 e. The van der Waals surface area contributed by atoms with E-state index in [4.69, 9.17) is 9.15 Å². The van der Waals surface area contributed by atoms with E-state index in [1.807, 2.05) is 12.1 Å². The summed E-state index contributed by atoms with van der Waals surface area (Å²) in [6.07, 6.45) is 5.22. The summed E-state index contributed by atoms with van der Waals surface area (Å²) in [4.78, 5) is 15.2. The molecule has 1 aliphatic heterocycles. The molecule has 0 radical (unpaired) electrons. The zero-order valence-corrected chi connectivity index (χ0v) is 12.1. The molecule has 112 valence electrons. The van der Waals surface area contributed by atoms with Crippen molar-refractivity contribution in [1.29, 1.82) is 0 Å². The summed E-state index contributed by atoms with van der Waals surface area (Å²) < 4.78 is 10.8. The van der Waals surface area contributed by atoms with Gasteiger partial charge >= 0.3 is 6.01 Å². The lowest BCUT2D eigenvalue weighted by atomic mass is 10.1. The topological polar surface area (TPSA) is 76.3 Å². The summed E-state index contributed by atoms with van der Waals surface area (Å²) in [5.41, 5.74) is 0. The molecule has 0 aromatic carbocycles. The normalized spacial score (nSPS) is 15.0. The van der Waals surface area contributed by atoms with Crippen LogP contribution < -0.4 is 15.0 Å². The number of nitrogens with zero attached hydrogens (tertiary/aromatic N) is 4. The number of furan rings is 1. The van der Waals surface area contributed by atoms with Gasteiger partial charge in [0, 0.05) is 20.1 Å². The first-order chi connectivity index (χ1) is 10.3. The van der Waals surface area contributed by atoms with Crippen LogP contribution >= 0.6 is 0 Å². The molecule has 7 nitrogen and oxygen atoms in total. The Labute approximate surface area is 123 Å². The van der Waals surface area contributed by atoms with Gasteiger partial charge in [-0.15, -0.1) is 0 Å². The molecule has 1 saturated heterocycles. The lowest BCUT2D eigenvalue weighted by Gasteiger charge is -2.26. The van der Waals surface area contributed by atoms with E-state index in [2.05, 4.69) is 25.2 Å². The standard InChI is InChI=1S/C14H19N5O2/c1-15-12-16-13(19-7-3-2-4-8-19)18-14(17-12)21-10-11-6-5-9-20-11/h5-6,9H,2-4,7-8,10H2,1H3,(H,15,16,17,18). The molecular weight excluding hydrogens is 270 g/mol. The molecule has 1 N–H and O–H groups in total. The van der Waals surface area contributed by atoms with Crippen LogP contribution in [0.5, 0.6) is 6.01 Å². The third kappa shape index (κ3) is 3.42. The third-order valence-electron chi connectivity index (χ3n) is 3.39. The van der Waals surface area contributed by atoms with Crippen molar-refractivity contribution in [3.63, 3.8) is 0 Å². The number of rotatable bonds is 5. The summed E-state index contributed by atoms with van der Waals surface area (Å²) in [5, 5.41) is 2.95. The predicted molar refractivity (Wildman–Crippen MR) is 78.5 cm³/mol. The minimum absolute atomic E-state index is 0.305. The van der Waals surface area contributed by atoms with Gasteiger partial charge < -0.3 is 19.4 Å². The van der Waals surface area contributed by atoms with Crippen molar-refractivity contribution in [3.05, 3.63) is 24.2 Å². The molecule has 2 aromatic heterocycles. The zero-order chi connectivity index (χ0) is 14.5. The van der Waals surface area contributed by atoms with E-state index in [9.17, 15) is 0 Å². The van der Waals surface area contributed by atoms with Crippen LogP contribution in [-0.4, -0.2) is 35.1 Å². The first-order valence-corrected chi connectivity index (χ1v) is 7.19. The van der Waals surface area contributed by atoms with Crippen molar-refractivity contribution in [2.45, 2.75) is 25.9 Å². The summed E-state index contributed by atoms with van der Waals surface area (Å²) in [6, 6.07) is 3.99. The van der Waals surface area contributed by atoms with Crippen molar-refractivity contribution in [1.82, 2.24) is 15.0 Å². The van der Waals surface area contributed by atoms with E-state index in [1.54, 1.807) is 13.3 Å². The van der Waals surface area contributed by atoms with Crippen LogP contribution in [0.3, 0.4) is 0 Å². The molecule has 0 saturated carbocycles. The maximum Gasteiger partial charge on any atom is 0.323 e. The van der Waals surface area contributed by atoms with Crippen LogP contribution in [-0.2, 0) is 6.61 Å². The Morgan fingerprint density at radius 3 is 2.81 bits per heavy atom. The van der Waals surface area contributed by atoms with Gasteiger partial charge in [-0.3, -0.25) is 0 Å². The maximum absolute atomic E-state index is 5.60. The average molecular weight is 289 g/mol. The number of ether oxygens (including phenoxy) is 1. The highest BCUT2D eigenvalue weighted by atomic mass is 16.5. The van der Waals surface area contributed by atoms with Gasteiger partial charge in [-0.25, -0.2) is 0 Å². The minimum atomic E-state index is 0.305. The summed E-state index contributed by atoms with van der Waals surface area (Å²) >= 11 is 0. The number of anilines is 2. The highest BCUT2D eigenvalue weighted by molar-refractivity contribution is 5.38. The summed E-state index contributed by atoms with van der Waals surface area (Å²) in [6.45, 7) is 2.26. The molecule has 21 heavy (non-hydrogen) atoms. The molecule has 3 rings (SSSR count). The van der Waals surface area contributed by atoms with Gasteiger partial charge in [0.2, 0.25) is 11.9 Å². The van der Waals surface area contributed by atoms with E-state index in [-0.39, 0.29) is 0 Å². The highest BCUT2D eigenvalue weighted by Gasteiger charge is 2.16. The molecule has 0 bridgehead atoms. The molecule has 3 heterocycles. The molecule has 0 atom stereocenters. The van der Waals surface area contributed by atoms with Crippen molar-refractivity contribution in [3.8, 4) is 6.01 Å². The largest absolute Gasteiger partial charge is 0.466 e. The molecule has 0 aliphatic carbocycles. The Morgan fingerprint density at radius 2 is 2.10 bits per heavy atom. The van der Waals surface area contributed by atoms with Gasteiger partial charge in [0.05, 0.1) is 6.26 Å². The van der Waals surface area contributed by atoms with Crippen LogP contribution in [0.1, 0.15) is 25.0 Å². The minimum Gasteiger partial charge on any atom is -0.466 e. The monoisotopic (exact) mass is 289 g/mol. The van der Waals surface area contributed by atoms with Gasteiger partial charge in [0.1, 0.15) is 12.4 Å². The lowest BCUT2D eigenvalue weighted by molar-refractivity contribution is 0.249. The van der Waals surface area contributed by atoms with Crippen LogP contribution in [0, 0.1) is 0 Å². The first-order valence-electron chi connectivity index (χ1n) is 7.19. The molecule has 1 aliphatic rings. The fourth-order valence-electron chi connectivity index (χ4n) is 2.29. The summed E-state index contributed by atoms with van der Waals surface area (Å²) in [7, 11) is 1.78. The van der Waals surface area contributed by atoms with E-state index in [0.717, 1.165) is 18.8 Å². The second-order valence-corrected chi connectivity index (χ2v) is 4.91. The summed E-state index contributed by atoms with van der Waals surface area (Å²) in [5.74, 6) is 1.92. The van der Waals surface area contributed by atoms with Crippen LogP contribution in [0.25, 0.3) is 0 Å². The Kier molecular flexibility index (Phi) is 4.18. The maximum atomic E-state index is 5.60. The quantitative estimate of drug-likeness (QED) is 0.903. The number of hydrogen-bond donors (Lipinski definition) is 1. The molecule has 0 amide bonds. The Balaban J connectivity index is 1.75. The van der Waals surface area contributed by atoms with E-state index >= 15 is 0 Å². The Bertz CT molecular complexity index is 567.